The van der Waals surface area contributed by atoms with Gasteiger partial charge in [0, 0.05) is 18.7 Å². The molecule has 0 saturated carbocycles. The van der Waals surface area contributed by atoms with Crippen molar-refractivity contribution >= 4 is 23.4 Å². The van der Waals surface area contributed by atoms with Crippen LogP contribution in [-0.2, 0) is 0 Å². The van der Waals surface area contributed by atoms with Crippen LogP contribution in [0.25, 0.3) is 22.3 Å². The van der Waals surface area contributed by atoms with Gasteiger partial charge in [-0.3, -0.25) is 4.79 Å². The summed E-state index contributed by atoms with van der Waals surface area (Å²) in [6, 6.07) is 3.48. The molecule has 1 atom stereocenters. The normalized spacial score (nSPS) is 12.4. The number of halogens is 1. The first-order chi connectivity index (χ1) is 12.4. The zero-order valence-corrected chi connectivity index (χ0v) is 16.5. The average molecular weight is 398 g/mol. The van der Waals surface area contributed by atoms with Crippen molar-refractivity contribution in [3.8, 4) is 22.8 Å². The van der Waals surface area contributed by atoms with E-state index in [9.17, 15) is 9.90 Å². The van der Waals surface area contributed by atoms with E-state index < -0.39 is 6.10 Å². The van der Waals surface area contributed by atoms with Crippen LogP contribution in [0.1, 0.15) is 19.6 Å². The van der Waals surface area contributed by atoms with Gasteiger partial charge in [0.1, 0.15) is 29.8 Å². The number of aliphatic hydroxyl groups excluding tert-OH is 1. The third kappa shape index (κ3) is 4.21. The number of nitrogens with one attached hydrogen (secondary N) is 1. The SMILES string of the molecule is COc1c2occc(OCC(O)CNC(C)C)c-2c(=O)c2cc(C)oc12.Cl. The van der Waals surface area contributed by atoms with Crippen LogP contribution >= 0.6 is 12.4 Å². The molecule has 2 heterocycles. The summed E-state index contributed by atoms with van der Waals surface area (Å²) in [5, 5.41) is 13.6. The molecule has 1 unspecified atom stereocenters. The number of benzene rings is 1. The lowest BCUT2D eigenvalue weighted by Gasteiger charge is -2.17. The maximum absolute atomic E-state index is 12.9. The molecule has 0 aromatic carbocycles. The molecular formula is C19H24ClNO6. The van der Waals surface area contributed by atoms with E-state index in [1.54, 1.807) is 19.1 Å². The van der Waals surface area contributed by atoms with Crippen molar-refractivity contribution in [1.29, 1.82) is 0 Å². The van der Waals surface area contributed by atoms with Gasteiger partial charge in [-0.25, -0.2) is 0 Å². The molecule has 3 rings (SSSR count). The summed E-state index contributed by atoms with van der Waals surface area (Å²) in [6.45, 7) is 6.19. The van der Waals surface area contributed by atoms with Crippen molar-refractivity contribution in [2.75, 3.05) is 20.3 Å². The monoisotopic (exact) mass is 397 g/mol. The van der Waals surface area contributed by atoms with Gasteiger partial charge in [0.05, 0.1) is 18.8 Å². The van der Waals surface area contributed by atoms with Gasteiger partial charge in [-0.2, -0.15) is 0 Å². The van der Waals surface area contributed by atoms with Crippen molar-refractivity contribution in [2.24, 2.45) is 0 Å². The van der Waals surface area contributed by atoms with E-state index in [2.05, 4.69) is 5.32 Å². The molecule has 0 spiro atoms. The van der Waals surface area contributed by atoms with Gasteiger partial charge in [0.2, 0.25) is 11.2 Å². The fraction of sp³-hybridized carbons (Fsp3) is 0.421. The summed E-state index contributed by atoms with van der Waals surface area (Å²) in [7, 11) is 1.49. The Hall–Kier alpha value is -2.22. The fourth-order valence-corrected chi connectivity index (χ4v) is 2.81. The van der Waals surface area contributed by atoms with Gasteiger partial charge in [-0.05, 0) is 13.0 Å². The molecule has 148 valence electrons. The largest absolute Gasteiger partial charge is 0.490 e. The van der Waals surface area contributed by atoms with Gasteiger partial charge in [0.15, 0.2) is 11.3 Å². The predicted molar refractivity (Wildman–Crippen MR) is 105 cm³/mol. The van der Waals surface area contributed by atoms with E-state index in [4.69, 9.17) is 18.3 Å². The second kappa shape index (κ2) is 8.65. The summed E-state index contributed by atoms with van der Waals surface area (Å²) >= 11 is 0. The second-order valence-corrected chi connectivity index (χ2v) is 6.48. The first-order valence-corrected chi connectivity index (χ1v) is 8.48. The fourth-order valence-electron chi connectivity index (χ4n) is 2.81. The van der Waals surface area contributed by atoms with Crippen LogP contribution in [0, 0.1) is 6.92 Å². The standard InChI is InChI=1S/C19H23NO6.ClH/c1-10(2)20-8-12(21)9-25-14-5-6-24-18-15(14)16(22)13-7-11(3)26-17(13)19(18)23-4;/h5-7,10,12,20-21H,8-9H2,1-4H3;1H. The predicted octanol–water partition coefficient (Wildman–Crippen LogP) is 2.97. The molecule has 0 radical (unpaired) electrons. The molecule has 0 saturated heterocycles. The van der Waals surface area contributed by atoms with Crippen LogP contribution in [0.4, 0.5) is 0 Å². The molecule has 1 aliphatic carbocycles. The van der Waals surface area contributed by atoms with Crippen molar-refractivity contribution in [3.05, 3.63) is 34.4 Å². The van der Waals surface area contributed by atoms with Gasteiger partial charge in [-0.1, -0.05) is 13.8 Å². The topological polar surface area (TPSA) is 94.1 Å². The maximum Gasteiger partial charge on any atom is 0.206 e. The number of aliphatic hydroxyl groups is 1. The smallest absolute Gasteiger partial charge is 0.206 e. The minimum atomic E-state index is -0.707. The van der Waals surface area contributed by atoms with Crippen LogP contribution in [0.15, 0.2) is 32.0 Å². The number of furan rings is 1. The van der Waals surface area contributed by atoms with E-state index >= 15 is 0 Å². The number of ether oxygens (including phenoxy) is 2. The zero-order valence-electron chi connectivity index (χ0n) is 15.7. The quantitative estimate of drug-likeness (QED) is 0.632. The van der Waals surface area contributed by atoms with Gasteiger partial charge < -0.3 is 28.7 Å². The molecule has 8 heteroatoms. The van der Waals surface area contributed by atoms with E-state index in [1.807, 2.05) is 13.8 Å². The lowest BCUT2D eigenvalue weighted by atomic mass is 10.1. The molecule has 2 aliphatic rings. The third-order valence-corrected chi connectivity index (χ3v) is 4.02. The first kappa shape index (κ1) is 21.1. The number of methoxy groups -OCH3 is 1. The summed E-state index contributed by atoms with van der Waals surface area (Å²) in [5.74, 6) is 1.53. The van der Waals surface area contributed by atoms with Crippen molar-refractivity contribution < 1.29 is 23.4 Å². The zero-order chi connectivity index (χ0) is 18.8. The highest BCUT2D eigenvalue weighted by Crippen LogP contribution is 2.41. The van der Waals surface area contributed by atoms with Crippen LogP contribution in [-0.4, -0.2) is 37.5 Å². The highest BCUT2D eigenvalue weighted by atomic mass is 35.5. The molecule has 0 bridgehead atoms. The minimum Gasteiger partial charge on any atom is -0.490 e. The number of fused-ring (bicyclic) bond motifs is 2. The second-order valence-electron chi connectivity index (χ2n) is 6.48. The molecule has 27 heavy (non-hydrogen) atoms. The van der Waals surface area contributed by atoms with Crippen LogP contribution in [0.5, 0.6) is 11.5 Å². The van der Waals surface area contributed by atoms with Crippen LogP contribution in [0.3, 0.4) is 0 Å². The average Bonchev–Trinajstić information content (AvgIpc) is 3.00. The molecule has 7 nitrogen and oxygen atoms in total. The number of hydrogen-bond donors (Lipinski definition) is 2. The summed E-state index contributed by atoms with van der Waals surface area (Å²) < 4.78 is 22.2. The Morgan fingerprint density at radius 1 is 1.33 bits per heavy atom. The van der Waals surface area contributed by atoms with Crippen LogP contribution in [0.2, 0.25) is 0 Å². The number of hydrogen-bond acceptors (Lipinski definition) is 7. The summed E-state index contributed by atoms with van der Waals surface area (Å²) in [6.07, 6.45) is 0.710. The minimum absolute atomic E-state index is 0. The van der Waals surface area contributed by atoms with E-state index in [0.717, 1.165) is 0 Å². The molecule has 0 fully saturated rings. The Morgan fingerprint density at radius 3 is 2.74 bits per heavy atom. The molecule has 1 aromatic rings. The van der Waals surface area contributed by atoms with Gasteiger partial charge in [-0.15, -0.1) is 12.4 Å². The summed E-state index contributed by atoms with van der Waals surface area (Å²) in [5.41, 5.74) is 0.355. The van der Waals surface area contributed by atoms with Crippen molar-refractivity contribution in [3.63, 3.8) is 0 Å². The lowest BCUT2D eigenvalue weighted by Crippen LogP contribution is -2.35. The third-order valence-electron chi connectivity index (χ3n) is 4.02. The molecular weight excluding hydrogens is 374 g/mol. The Labute approximate surface area is 163 Å². The van der Waals surface area contributed by atoms with Gasteiger partial charge in [0.25, 0.3) is 0 Å². The summed E-state index contributed by atoms with van der Waals surface area (Å²) in [4.78, 5) is 12.9. The van der Waals surface area contributed by atoms with Crippen molar-refractivity contribution in [2.45, 2.75) is 32.9 Å². The first-order valence-electron chi connectivity index (χ1n) is 8.48. The van der Waals surface area contributed by atoms with E-state index in [0.29, 0.717) is 34.8 Å². The Morgan fingerprint density at radius 2 is 2.07 bits per heavy atom. The number of rotatable bonds is 7. The van der Waals surface area contributed by atoms with Crippen LogP contribution < -0.4 is 20.2 Å². The molecule has 1 aromatic heterocycles. The maximum atomic E-state index is 12.9. The highest BCUT2D eigenvalue weighted by molar-refractivity contribution is 5.94. The Balaban J connectivity index is 0.00000261. The van der Waals surface area contributed by atoms with E-state index in [1.165, 1.54) is 13.4 Å². The molecule has 2 N–H and O–H groups in total. The highest BCUT2D eigenvalue weighted by Gasteiger charge is 2.27. The van der Waals surface area contributed by atoms with E-state index in [-0.39, 0.29) is 41.8 Å². The Kier molecular flexibility index (Phi) is 6.75. The number of aryl methyl sites for hydroxylation is 1. The molecule has 0 amide bonds. The van der Waals surface area contributed by atoms with Crippen molar-refractivity contribution in [1.82, 2.24) is 5.32 Å². The molecule has 1 aliphatic heterocycles. The lowest BCUT2D eigenvalue weighted by molar-refractivity contribution is 0.104. The van der Waals surface area contributed by atoms with Gasteiger partial charge >= 0.3 is 0 Å². The Bertz CT molecular complexity index is 932.